The molecule has 0 fully saturated rings. The molecular formula is C23H20F3N5O3. The quantitative estimate of drug-likeness (QED) is 0.455. The van der Waals surface area contributed by atoms with Crippen LogP contribution in [0.15, 0.2) is 47.3 Å². The molecule has 1 aliphatic heterocycles. The molecule has 11 heteroatoms. The van der Waals surface area contributed by atoms with E-state index in [1.165, 1.54) is 12.1 Å². The van der Waals surface area contributed by atoms with Crippen LogP contribution in [-0.4, -0.2) is 21.8 Å². The Balaban J connectivity index is 1.63. The lowest BCUT2D eigenvalue weighted by Crippen LogP contribution is -2.36. The number of carbonyl (C=O) groups is 2. The van der Waals surface area contributed by atoms with Crippen molar-refractivity contribution in [2.75, 3.05) is 16.0 Å². The zero-order chi connectivity index (χ0) is 24.6. The Morgan fingerprint density at radius 2 is 1.88 bits per heavy atom. The van der Waals surface area contributed by atoms with Gasteiger partial charge in [0, 0.05) is 17.8 Å². The summed E-state index contributed by atoms with van der Waals surface area (Å²) in [6, 6.07) is 9.79. The second kappa shape index (κ2) is 8.65. The summed E-state index contributed by atoms with van der Waals surface area (Å²) >= 11 is 0. The molecule has 4 N–H and O–H groups in total. The number of aryl methyl sites for hydroxylation is 2. The van der Waals surface area contributed by atoms with Gasteiger partial charge in [-0.05, 0) is 43.7 Å². The van der Waals surface area contributed by atoms with Gasteiger partial charge in [-0.25, -0.2) is 0 Å². The number of fused-ring (bicyclic) bond motifs is 1. The van der Waals surface area contributed by atoms with Gasteiger partial charge in [0.05, 0.1) is 17.0 Å². The van der Waals surface area contributed by atoms with E-state index in [0.717, 1.165) is 23.3 Å². The van der Waals surface area contributed by atoms with E-state index in [9.17, 15) is 27.6 Å². The highest BCUT2D eigenvalue weighted by Gasteiger charge is 2.35. The molecule has 176 valence electrons. The Bertz CT molecular complexity index is 1350. The van der Waals surface area contributed by atoms with Crippen LogP contribution in [0.3, 0.4) is 0 Å². The molecule has 34 heavy (non-hydrogen) atoms. The summed E-state index contributed by atoms with van der Waals surface area (Å²) in [4.78, 5) is 44.6. The minimum Gasteiger partial charge on any atom is -0.326 e. The molecule has 0 saturated heterocycles. The van der Waals surface area contributed by atoms with Gasteiger partial charge in [-0.1, -0.05) is 23.8 Å². The molecule has 1 aromatic heterocycles. The van der Waals surface area contributed by atoms with Crippen LogP contribution < -0.4 is 21.5 Å². The molecule has 0 bridgehead atoms. The maximum atomic E-state index is 13.0. The lowest BCUT2D eigenvalue weighted by Gasteiger charge is -2.24. The van der Waals surface area contributed by atoms with Gasteiger partial charge in [-0.2, -0.15) is 18.2 Å². The molecule has 3 aromatic rings. The fourth-order valence-corrected chi connectivity index (χ4v) is 3.74. The van der Waals surface area contributed by atoms with Crippen LogP contribution in [0, 0.1) is 13.8 Å². The molecule has 0 radical (unpaired) electrons. The molecule has 0 spiro atoms. The van der Waals surface area contributed by atoms with E-state index in [1.54, 1.807) is 6.07 Å². The number of aromatic amines is 1. The zero-order valence-electron chi connectivity index (χ0n) is 18.1. The third kappa shape index (κ3) is 4.77. The number of hydrogen-bond donors (Lipinski definition) is 4. The lowest BCUT2D eigenvalue weighted by molar-refractivity contribution is -0.137. The van der Waals surface area contributed by atoms with E-state index in [0.29, 0.717) is 5.69 Å². The van der Waals surface area contributed by atoms with Crippen molar-refractivity contribution in [3.05, 3.63) is 75.1 Å². The summed E-state index contributed by atoms with van der Waals surface area (Å²) in [5.41, 5.74) is 0.811. The third-order valence-electron chi connectivity index (χ3n) is 5.36. The number of H-pyrrole nitrogens is 1. The van der Waals surface area contributed by atoms with Gasteiger partial charge in [-0.3, -0.25) is 19.4 Å². The maximum absolute atomic E-state index is 13.0. The molecule has 2 aromatic carbocycles. The van der Waals surface area contributed by atoms with E-state index in [2.05, 4.69) is 25.9 Å². The predicted octanol–water partition coefficient (Wildman–Crippen LogP) is 4.21. The summed E-state index contributed by atoms with van der Waals surface area (Å²) in [5, 5.41) is 7.81. The molecule has 2 heterocycles. The summed E-state index contributed by atoms with van der Waals surface area (Å²) < 4.78 is 38.9. The van der Waals surface area contributed by atoms with Crippen molar-refractivity contribution in [1.29, 1.82) is 0 Å². The Morgan fingerprint density at radius 1 is 1.12 bits per heavy atom. The van der Waals surface area contributed by atoms with Crippen LogP contribution in [0.2, 0.25) is 0 Å². The number of amides is 2. The number of nitrogens with zero attached hydrogens (tertiary/aromatic N) is 1. The zero-order valence-corrected chi connectivity index (χ0v) is 18.1. The Hall–Kier alpha value is -4.15. The summed E-state index contributed by atoms with van der Waals surface area (Å²) in [7, 11) is 0. The van der Waals surface area contributed by atoms with Gasteiger partial charge in [-0.15, -0.1) is 0 Å². The number of alkyl halides is 3. The van der Waals surface area contributed by atoms with Crippen molar-refractivity contribution in [3.63, 3.8) is 0 Å². The fraction of sp³-hybridized carbons (Fsp3) is 0.217. The first-order chi connectivity index (χ1) is 16.0. The number of benzene rings is 2. The summed E-state index contributed by atoms with van der Waals surface area (Å²) in [6.45, 7) is 3.74. The highest BCUT2D eigenvalue weighted by Crippen LogP contribution is 2.33. The van der Waals surface area contributed by atoms with E-state index in [-0.39, 0.29) is 29.4 Å². The number of halogens is 3. The fourth-order valence-electron chi connectivity index (χ4n) is 3.74. The van der Waals surface area contributed by atoms with Gasteiger partial charge in [0.2, 0.25) is 17.8 Å². The first kappa shape index (κ1) is 23.0. The van der Waals surface area contributed by atoms with Crippen molar-refractivity contribution in [2.45, 2.75) is 32.4 Å². The van der Waals surface area contributed by atoms with Gasteiger partial charge >= 0.3 is 6.18 Å². The predicted molar refractivity (Wildman–Crippen MR) is 120 cm³/mol. The van der Waals surface area contributed by atoms with Gasteiger partial charge in [0.15, 0.2) is 0 Å². The second-order valence-corrected chi connectivity index (χ2v) is 7.99. The number of aromatic nitrogens is 2. The minimum absolute atomic E-state index is 0.0311. The summed E-state index contributed by atoms with van der Waals surface area (Å²) in [6.07, 6.45) is -4.80. The molecular weight excluding hydrogens is 451 g/mol. The topological polar surface area (TPSA) is 116 Å². The van der Waals surface area contributed by atoms with Crippen LogP contribution >= 0.6 is 0 Å². The number of nitrogens with one attached hydrogen (secondary N) is 4. The minimum atomic E-state index is -4.54. The lowest BCUT2D eigenvalue weighted by atomic mass is 9.92. The summed E-state index contributed by atoms with van der Waals surface area (Å²) in [5.74, 6) is -2.47. The van der Waals surface area contributed by atoms with E-state index < -0.39 is 35.0 Å². The molecule has 0 aliphatic carbocycles. The number of rotatable bonds is 4. The molecule has 8 nitrogen and oxygen atoms in total. The molecule has 4 rings (SSSR count). The smallest absolute Gasteiger partial charge is 0.326 e. The van der Waals surface area contributed by atoms with Crippen molar-refractivity contribution in [2.24, 2.45) is 0 Å². The van der Waals surface area contributed by atoms with Gasteiger partial charge in [0.1, 0.15) is 5.82 Å². The first-order valence-electron chi connectivity index (χ1n) is 10.3. The number of anilines is 4. The molecule has 0 saturated carbocycles. The number of carbonyl (C=O) groups excluding carboxylic acids is 2. The van der Waals surface area contributed by atoms with E-state index in [4.69, 9.17) is 0 Å². The van der Waals surface area contributed by atoms with Gasteiger partial charge < -0.3 is 16.0 Å². The van der Waals surface area contributed by atoms with Crippen LogP contribution in [-0.2, 0) is 15.8 Å². The largest absolute Gasteiger partial charge is 0.416 e. The van der Waals surface area contributed by atoms with Crippen LogP contribution in [0.25, 0.3) is 0 Å². The number of hydrogen-bond acceptors (Lipinski definition) is 5. The van der Waals surface area contributed by atoms with E-state index >= 15 is 0 Å². The third-order valence-corrected chi connectivity index (χ3v) is 5.36. The highest BCUT2D eigenvalue weighted by molar-refractivity contribution is 6.04. The molecule has 1 unspecified atom stereocenters. The standard InChI is InChI=1S/C23H20F3N5O3/c1-11-6-7-16(12(2)8-11)28-20(33)15-10-17(32)29-19-18(15)21(34)31-22(30-19)27-14-5-3-4-13(9-14)23(24,25)26/h3-9,15H,10H2,1-2H3,(H,28,33)(H3,27,29,30,31,32,34). The van der Waals surface area contributed by atoms with Crippen molar-refractivity contribution >= 4 is 35.0 Å². The van der Waals surface area contributed by atoms with Crippen molar-refractivity contribution < 1.29 is 22.8 Å². The van der Waals surface area contributed by atoms with Gasteiger partial charge in [0.25, 0.3) is 5.56 Å². The first-order valence-corrected chi connectivity index (χ1v) is 10.3. The highest BCUT2D eigenvalue weighted by atomic mass is 19.4. The Kier molecular flexibility index (Phi) is 5.86. The molecule has 2 amide bonds. The van der Waals surface area contributed by atoms with Crippen molar-refractivity contribution in [1.82, 2.24) is 9.97 Å². The second-order valence-electron chi connectivity index (χ2n) is 7.99. The average Bonchev–Trinajstić information content (AvgIpc) is 2.74. The average molecular weight is 471 g/mol. The maximum Gasteiger partial charge on any atom is 0.416 e. The molecule has 1 aliphatic rings. The van der Waals surface area contributed by atoms with E-state index in [1.807, 2.05) is 26.0 Å². The Morgan fingerprint density at radius 3 is 2.59 bits per heavy atom. The Labute approximate surface area is 191 Å². The van der Waals surface area contributed by atoms with Crippen LogP contribution in [0.1, 0.15) is 34.6 Å². The van der Waals surface area contributed by atoms with Crippen LogP contribution in [0.4, 0.5) is 36.3 Å². The van der Waals surface area contributed by atoms with Crippen LogP contribution in [0.5, 0.6) is 0 Å². The monoisotopic (exact) mass is 471 g/mol. The SMILES string of the molecule is Cc1ccc(NC(=O)C2CC(=O)Nc3nc(Nc4cccc(C(F)(F)F)c4)[nH]c(=O)c32)c(C)c1. The normalized spacial score (nSPS) is 15.3. The molecule has 1 atom stereocenters. The van der Waals surface area contributed by atoms with Crippen molar-refractivity contribution in [3.8, 4) is 0 Å².